The molecule has 0 aliphatic rings. The van der Waals surface area contributed by atoms with Crippen LogP contribution in [0.15, 0.2) is 79.4 Å². The van der Waals surface area contributed by atoms with Gasteiger partial charge in [-0.25, -0.2) is 4.98 Å². The predicted molar refractivity (Wildman–Crippen MR) is 150 cm³/mol. The van der Waals surface area contributed by atoms with Crippen LogP contribution in [0.5, 0.6) is 17.2 Å². The fourth-order valence-electron chi connectivity index (χ4n) is 4.10. The second-order valence-corrected chi connectivity index (χ2v) is 9.16. The van der Waals surface area contributed by atoms with Gasteiger partial charge in [0.05, 0.1) is 31.3 Å². The molecule has 0 aliphatic heterocycles. The molecule has 38 heavy (non-hydrogen) atoms. The van der Waals surface area contributed by atoms with Gasteiger partial charge in [0.25, 0.3) is 5.91 Å². The van der Waals surface area contributed by atoms with Gasteiger partial charge in [-0.05, 0) is 73.4 Å². The van der Waals surface area contributed by atoms with E-state index in [9.17, 15) is 4.79 Å². The van der Waals surface area contributed by atoms with Crippen molar-refractivity contribution in [2.24, 2.45) is 0 Å². The molecule has 0 unspecified atom stereocenters. The highest BCUT2D eigenvalue weighted by Crippen LogP contribution is 2.28. The Labute approximate surface area is 228 Å². The van der Waals surface area contributed by atoms with Crippen LogP contribution in [-0.2, 0) is 24.3 Å². The number of rotatable bonds is 14. The first-order valence-corrected chi connectivity index (χ1v) is 12.9. The first kappa shape index (κ1) is 27.1. The van der Waals surface area contributed by atoms with Crippen LogP contribution in [0.2, 0.25) is 5.02 Å². The number of nitrogens with one attached hydrogen (secondary N) is 1. The molecular weight excluding hydrogens is 502 g/mol. The maximum absolute atomic E-state index is 12.4. The summed E-state index contributed by atoms with van der Waals surface area (Å²) in [4.78, 5) is 17.1. The normalized spacial score (nSPS) is 10.8. The Morgan fingerprint density at radius 2 is 1.87 bits per heavy atom. The van der Waals surface area contributed by atoms with Crippen LogP contribution < -0.4 is 19.5 Å². The number of allylic oxidation sites excluding steroid dienone is 1. The molecule has 1 amide bonds. The zero-order chi connectivity index (χ0) is 26.7. The Morgan fingerprint density at radius 1 is 1.05 bits per heavy atom. The van der Waals surface area contributed by atoms with Gasteiger partial charge in [0, 0.05) is 11.6 Å². The topological polar surface area (TPSA) is 74.6 Å². The Morgan fingerprint density at radius 3 is 2.66 bits per heavy atom. The van der Waals surface area contributed by atoms with Crippen molar-refractivity contribution in [3.63, 3.8) is 0 Å². The van der Waals surface area contributed by atoms with E-state index in [-0.39, 0.29) is 12.5 Å². The number of benzene rings is 3. The van der Waals surface area contributed by atoms with Gasteiger partial charge in [0.2, 0.25) is 0 Å². The summed E-state index contributed by atoms with van der Waals surface area (Å²) in [5, 5.41) is 3.53. The third kappa shape index (κ3) is 7.29. The number of aryl methyl sites for hydroxylation is 1. The minimum atomic E-state index is -0.222. The summed E-state index contributed by atoms with van der Waals surface area (Å²) >= 11 is 5.89. The molecule has 0 saturated carbocycles. The number of hydrogen-bond acceptors (Lipinski definition) is 5. The van der Waals surface area contributed by atoms with E-state index in [0.717, 1.165) is 59.7 Å². The number of imidazole rings is 1. The molecule has 7 nitrogen and oxygen atoms in total. The highest BCUT2D eigenvalue weighted by Gasteiger charge is 2.12. The van der Waals surface area contributed by atoms with Gasteiger partial charge >= 0.3 is 0 Å². The number of para-hydroxylation sites is 2. The number of unbranched alkanes of at least 4 members (excludes halogenated alkanes) is 1. The number of carbonyl (C=O) groups excluding carboxylic acids is 1. The number of nitrogens with zero attached hydrogens (tertiary/aromatic N) is 2. The first-order chi connectivity index (χ1) is 18.6. The molecular formula is C30H32ClN3O4. The second-order valence-electron chi connectivity index (χ2n) is 8.72. The average molecular weight is 534 g/mol. The van der Waals surface area contributed by atoms with Gasteiger partial charge in [0.15, 0.2) is 18.1 Å². The van der Waals surface area contributed by atoms with Crippen molar-refractivity contribution in [2.45, 2.75) is 32.4 Å². The van der Waals surface area contributed by atoms with E-state index in [1.54, 1.807) is 31.4 Å². The van der Waals surface area contributed by atoms with Crippen molar-refractivity contribution < 1.29 is 19.0 Å². The van der Waals surface area contributed by atoms with Crippen molar-refractivity contribution in [2.75, 3.05) is 20.3 Å². The standard InChI is InChI=1S/C30H32ClN3O4/c1-3-8-22-11-16-27(28(19-22)36-2)37-18-7-6-17-34-26-10-5-4-9-25(26)33-29(34)20-32-30(35)21-38-24-14-12-23(31)13-15-24/h3-5,9-16,19H,1,6-8,17-18,20-21H2,2H3,(H,32,35). The summed E-state index contributed by atoms with van der Waals surface area (Å²) in [6, 6.07) is 20.8. The third-order valence-corrected chi connectivity index (χ3v) is 6.25. The van der Waals surface area contributed by atoms with Crippen LogP contribution in [-0.4, -0.2) is 35.8 Å². The SMILES string of the molecule is C=CCc1ccc(OCCCCn2c(CNC(=O)COc3ccc(Cl)cc3)nc3ccccc32)c(OC)c1. The van der Waals surface area contributed by atoms with Crippen LogP contribution in [0, 0.1) is 0 Å². The monoisotopic (exact) mass is 533 g/mol. The molecule has 0 fully saturated rings. The molecule has 1 N–H and O–H groups in total. The molecule has 0 bridgehead atoms. The number of fused-ring (bicyclic) bond motifs is 1. The van der Waals surface area contributed by atoms with Gasteiger partial charge in [-0.3, -0.25) is 4.79 Å². The summed E-state index contributed by atoms with van der Waals surface area (Å²) in [5.41, 5.74) is 3.07. The van der Waals surface area contributed by atoms with Crippen LogP contribution in [0.1, 0.15) is 24.2 Å². The molecule has 198 valence electrons. The lowest BCUT2D eigenvalue weighted by molar-refractivity contribution is -0.123. The van der Waals surface area contributed by atoms with Gasteiger partial charge in [0.1, 0.15) is 11.6 Å². The summed E-state index contributed by atoms with van der Waals surface area (Å²) in [6.45, 7) is 5.33. The molecule has 3 aromatic carbocycles. The molecule has 1 aromatic heterocycles. The molecule has 0 spiro atoms. The molecule has 4 aromatic rings. The zero-order valence-electron chi connectivity index (χ0n) is 21.5. The minimum Gasteiger partial charge on any atom is -0.493 e. The van der Waals surface area contributed by atoms with E-state index in [2.05, 4.69) is 16.5 Å². The maximum atomic E-state index is 12.4. The van der Waals surface area contributed by atoms with E-state index >= 15 is 0 Å². The van der Waals surface area contributed by atoms with E-state index in [1.165, 1.54) is 0 Å². The Bertz CT molecular complexity index is 1370. The van der Waals surface area contributed by atoms with Crippen molar-refractivity contribution in [1.29, 1.82) is 0 Å². The Kier molecular flexibility index (Phi) is 9.65. The molecule has 0 atom stereocenters. The third-order valence-electron chi connectivity index (χ3n) is 6.00. The fourth-order valence-corrected chi connectivity index (χ4v) is 4.22. The van der Waals surface area contributed by atoms with E-state index in [0.29, 0.717) is 23.9 Å². The van der Waals surface area contributed by atoms with Crippen molar-refractivity contribution in [1.82, 2.24) is 14.9 Å². The lowest BCUT2D eigenvalue weighted by Gasteiger charge is -2.13. The van der Waals surface area contributed by atoms with Gasteiger partial charge in [-0.1, -0.05) is 35.9 Å². The highest BCUT2D eigenvalue weighted by atomic mass is 35.5. The first-order valence-electron chi connectivity index (χ1n) is 12.6. The highest BCUT2D eigenvalue weighted by molar-refractivity contribution is 6.30. The van der Waals surface area contributed by atoms with E-state index < -0.39 is 0 Å². The number of ether oxygens (including phenoxy) is 3. The molecule has 0 saturated heterocycles. The molecule has 0 radical (unpaired) electrons. The number of carbonyl (C=O) groups is 1. The minimum absolute atomic E-state index is 0.0861. The molecule has 8 heteroatoms. The number of halogens is 1. The van der Waals surface area contributed by atoms with E-state index in [4.69, 9.17) is 30.8 Å². The number of amides is 1. The van der Waals surface area contributed by atoms with E-state index in [1.807, 2.05) is 48.5 Å². The second kappa shape index (κ2) is 13.5. The summed E-state index contributed by atoms with van der Waals surface area (Å²) in [6.07, 6.45) is 4.39. The molecule has 1 heterocycles. The quantitative estimate of drug-likeness (QED) is 0.159. The number of methoxy groups -OCH3 is 1. The van der Waals surface area contributed by atoms with Crippen molar-refractivity contribution in [3.8, 4) is 17.2 Å². The van der Waals surface area contributed by atoms with Crippen LogP contribution in [0.25, 0.3) is 11.0 Å². The summed E-state index contributed by atoms with van der Waals surface area (Å²) in [7, 11) is 1.65. The van der Waals surface area contributed by atoms with Gasteiger partial charge in [-0.2, -0.15) is 0 Å². The van der Waals surface area contributed by atoms with Gasteiger partial charge in [-0.15, -0.1) is 6.58 Å². The predicted octanol–water partition coefficient (Wildman–Crippen LogP) is 5.98. The van der Waals surface area contributed by atoms with Crippen LogP contribution >= 0.6 is 11.6 Å². The fraction of sp³-hybridized carbons (Fsp3) is 0.267. The Hall–Kier alpha value is -3.97. The lowest BCUT2D eigenvalue weighted by atomic mass is 10.1. The lowest BCUT2D eigenvalue weighted by Crippen LogP contribution is -2.29. The smallest absolute Gasteiger partial charge is 0.258 e. The molecule has 4 rings (SSSR count). The summed E-state index contributed by atoms with van der Waals surface area (Å²) in [5.74, 6) is 2.62. The van der Waals surface area contributed by atoms with Crippen molar-refractivity contribution >= 4 is 28.5 Å². The Balaban J connectivity index is 1.30. The van der Waals surface area contributed by atoms with Crippen molar-refractivity contribution in [3.05, 3.63) is 95.8 Å². The maximum Gasteiger partial charge on any atom is 0.258 e. The average Bonchev–Trinajstić information content (AvgIpc) is 3.29. The van der Waals surface area contributed by atoms with Crippen LogP contribution in [0.3, 0.4) is 0 Å². The zero-order valence-corrected chi connectivity index (χ0v) is 22.2. The summed E-state index contributed by atoms with van der Waals surface area (Å²) < 4.78 is 19.2. The largest absolute Gasteiger partial charge is 0.493 e. The number of hydrogen-bond donors (Lipinski definition) is 1. The van der Waals surface area contributed by atoms with Crippen LogP contribution in [0.4, 0.5) is 0 Å². The van der Waals surface area contributed by atoms with Gasteiger partial charge < -0.3 is 24.1 Å². The molecule has 0 aliphatic carbocycles. The number of aromatic nitrogens is 2.